The summed E-state index contributed by atoms with van der Waals surface area (Å²) >= 11 is 0. The maximum atomic E-state index is 10.6. The zero-order chi connectivity index (χ0) is 60.9. The monoisotopic (exact) mass is 873 g/mol. The van der Waals surface area contributed by atoms with E-state index in [-0.39, 0.29) is 55.8 Å². The number of fused-ring (bicyclic) bond motifs is 3. The summed E-state index contributed by atoms with van der Waals surface area (Å²) in [6, 6.07) is 34.6. The van der Waals surface area contributed by atoms with Gasteiger partial charge in [0.25, 0.3) is 0 Å². The van der Waals surface area contributed by atoms with E-state index < -0.39 is 91.0 Å². The molecule has 5 nitrogen and oxygen atoms in total. The largest absolute Gasteiger partial charge is 0.455 e. The Morgan fingerprint density at radius 3 is 1.50 bits per heavy atom. The standard InChI is InChI=1S/C61H50N4O/c1-41(2)53-36-54-51-19-12-20-52(60(51)66-61(54)59(55(53)37-62)50-17-10-5-11-18-50)58-32-29-44(40-65-58)23-26-47-34-45(24-21-42-27-30-56(63-38-42)48-13-6-3-7-14-48)33-46(35-47)25-22-43-28-31-57(64-39-43)49-15-8-4-9-16-49/h3-20,27-36,38-41H,21-26H2,1-2H3/i5D,10D,11D,17D,18D,21D2,22D2,23D2,24D2,25D2,26D2,41D. The van der Waals surface area contributed by atoms with E-state index in [1.807, 2.05) is 12.1 Å². The highest BCUT2D eigenvalue weighted by molar-refractivity contribution is 6.14. The fourth-order valence-corrected chi connectivity index (χ4v) is 7.66. The number of aromatic nitrogens is 3. The summed E-state index contributed by atoms with van der Waals surface area (Å²) in [4.78, 5) is 13.4. The molecule has 10 rings (SSSR count). The predicted molar refractivity (Wildman–Crippen MR) is 269 cm³/mol. The van der Waals surface area contributed by atoms with Crippen molar-refractivity contribution in [2.45, 2.75) is 58.0 Å². The van der Waals surface area contributed by atoms with Crippen LogP contribution in [0.4, 0.5) is 0 Å². The van der Waals surface area contributed by atoms with Crippen molar-refractivity contribution in [2.24, 2.45) is 0 Å². The van der Waals surface area contributed by atoms with Gasteiger partial charge in [0.05, 0.1) is 29.5 Å². The third-order valence-electron chi connectivity index (χ3n) is 10.9. The van der Waals surface area contributed by atoms with Crippen LogP contribution in [0, 0.1) is 11.3 Å². The SMILES string of the molecule is [2H]c1c([2H])c([2H])c(-c2c(C#N)c(C([2H])(C)C)cc3c2oc2c(-c4ccc(C([2H])([2H])C([2H])([2H])c5cc(C([2H])([2H])C([2H])([2H])c6ccc(-c7ccccc7)nc6)cc(C([2H])([2H])C([2H])([2H])c6ccc(-c7ccccc7)nc6)c5)cn4)cccc23)c([2H])c1[2H]. The molecule has 5 heteroatoms. The van der Waals surface area contributed by atoms with E-state index in [0.29, 0.717) is 38.9 Å². The number of furan rings is 1. The topological polar surface area (TPSA) is 75.6 Å². The number of benzene rings is 6. The first-order valence-corrected chi connectivity index (χ1v) is 21.1. The number of hydrogen-bond donors (Lipinski definition) is 0. The quantitative estimate of drug-likeness (QED) is 0.109. The molecule has 0 spiro atoms. The number of rotatable bonds is 14. The normalized spacial score (nSPS) is 16.8. The van der Waals surface area contributed by atoms with E-state index in [0.717, 1.165) is 24.4 Å². The van der Waals surface area contributed by atoms with Crippen molar-refractivity contribution < 1.29 is 29.1 Å². The van der Waals surface area contributed by atoms with E-state index in [1.54, 1.807) is 86.6 Å². The van der Waals surface area contributed by atoms with Gasteiger partial charge < -0.3 is 4.42 Å². The average Bonchev–Trinajstić information content (AvgIpc) is 1.34. The minimum Gasteiger partial charge on any atom is -0.455 e. The molecule has 0 N–H and O–H groups in total. The Labute approximate surface area is 412 Å². The lowest BCUT2D eigenvalue weighted by Gasteiger charge is -2.13. The van der Waals surface area contributed by atoms with Gasteiger partial charge in [-0.25, -0.2) is 0 Å². The van der Waals surface area contributed by atoms with Crippen molar-refractivity contribution in [3.8, 4) is 51.0 Å². The lowest BCUT2D eigenvalue weighted by Crippen LogP contribution is -2.00. The molecule has 0 saturated heterocycles. The molecule has 0 aliphatic rings. The Bertz CT molecular complexity index is 4080. The number of nitrogens with zero attached hydrogens (tertiary/aromatic N) is 4. The van der Waals surface area contributed by atoms with E-state index in [2.05, 4.69) is 21.0 Å². The number of aryl methyl sites for hydroxylation is 6. The van der Waals surface area contributed by atoms with Crippen LogP contribution >= 0.6 is 0 Å². The van der Waals surface area contributed by atoms with Gasteiger partial charge >= 0.3 is 0 Å². The Balaban J connectivity index is 1.08. The predicted octanol–water partition coefficient (Wildman–Crippen LogP) is 14.8. The lowest BCUT2D eigenvalue weighted by atomic mass is 9.88. The van der Waals surface area contributed by atoms with Gasteiger partial charge in [-0.1, -0.05) is 153 Å². The average molecular weight is 873 g/mol. The molecule has 0 aliphatic heterocycles. The van der Waals surface area contributed by atoms with E-state index in [1.165, 1.54) is 48.8 Å². The van der Waals surface area contributed by atoms with Crippen molar-refractivity contribution in [3.05, 3.63) is 233 Å². The Hall–Kier alpha value is -7.94. The number of nitriles is 1. The molecule has 4 heterocycles. The van der Waals surface area contributed by atoms with Gasteiger partial charge in [0.15, 0.2) is 0 Å². The van der Waals surface area contributed by atoms with Crippen LogP contribution in [0.3, 0.4) is 0 Å². The summed E-state index contributed by atoms with van der Waals surface area (Å²) in [5.74, 6) is -1.44. The molecule has 0 amide bonds. The second-order valence-corrected chi connectivity index (χ2v) is 15.5. The minimum atomic E-state index is -3.23. The molecule has 320 valence electrons. The second-order valence-electron chi connectivity index (χ2n) is 15.5. The lowest BCUT2D eigenvalue weighted by molar-refractivity contribution is 0.670. The van der Waals surface area contributed by atoms with Crippen LogP contribution in [-0.2, 0) is 38.2 Å². The van der Waals surface area contributed by atoms with Crippen molar-refractivity contribution in [1.29, 1.82) is 5.26 Å². The maximum absolute atomic E-state index is 10.6. The van der Waals surface area contributed by atoms with E-state index >= 15 is 0 Å². The van der Waals surface area contributed by atoms with Crippen LogP contribution in [-0.4, -0.2) is 15.0 Å². The molecular formula is C61H50N4O. The zero-order valence-corrected chi connectivity index (χ0v) is 35.7. The second kappa shape index (κ2) is 19.0. The highest BCUT2D eigenvalue weighted by Gasteiger charge is 2.23. The molecule has 0 aliphatic carbocycles. The number of hydrogen-bond acceptors (Lipinski definition) is 5. The van der Waals surface area contributed by atoms with Gasteiger partial charge in [-0.15, -0.1) is 0 Å². The number of pyridine rings is 3. The van der Waals surface area contributed by atoms with Crippen molar-refractivity contribution >= 4 is 21.9 Å². The van der Waals surface area contributed by atoms with Gasteiger partial charge in [0.1, 0.15) is 17.2 Å². The number of para-hydroxylation sites is 1. The smallest absolute Gasteiger partial charge is 0.144 e. The Morgan fingerprint density at radius 1 is 0.530 bits per heavy atom. The molecule has 0 atom stereocenters. The third kappa shape index (κ3) is 9.05. The Kier molecular flexibility index (Phi) is 7.54. The summed E-state index contributed by atoms with van der Waals surface area (Å²) in [7, 11) is 0. The molecule has 0 unspecified atom stereocenters. The molecule has 4 aromatic heterocycles. The molecule has 10 aromatic rings. The first kappa shape index (κ1) is 26.1. The van der Waals surface area contributed by atoms with Crippen molar-refractivity contribution in [1.82, 2.24) is 15.0 Å². The van der Waals surface area contributed by atoms with E-state index in [4.69, 9.17) is 12.6 Å². The molecule has 0 saturated carbocycles. The first-order valence-electron chi connectivity index (χ1n) is 30.1. The zero-order valence-electron chi connectivity index (χ0n) is 53.7. The van der Waals surface area contributed by atoms with Gasteiger partial charge in [0, 0.05) is 69.4 Å². The molecule has 0 radical (unpaired) electrons. The summed E-state index contributed by atoms with van der Waals surface area (Å²) < 4.78 is 172. The third-order valence-corrected chi connectivity index (χ3v) is 10.9. The molecule has 6 aromatic carbocycles. The van der Waals surface area contributed by atoms with Crippen LogP contribution in [0.25, 0.3) is 66.8 Å². The summed E-state index contributed by atoms with van der Waals surface area (Å²) in [6.07, 6.45) is -15.2. The van der Waals surface area contributed by atoms with Gasteiger partial charge in [-0.05, 0) is 119 Å². The summed E-state index contributed by atoms with van der Waals surface area (Å²) in [6.45, 7) is 3.09. The van der Waals surface area contributed by atoms with Crippen LogP contribution in [0.2, 0.25) is 0 Å². The van der Waals surface area contributed by atoms with Gasteiger partial charge in [0.2, 0.25) is 0 Å². The fourth-order valence-electron chi connectivity index (χ4n) is 7.66. The minimum absolute atomic E-state index is 0.0200. The summed E-state index contributed by atoms with van der Waals surface area (Å²) in [5, 5.41) is 11.4. The highest BCUT2D eigenvalue weighted by Crippen LogP contribution is 2.43. The van der Waals surface area contributed by atoms with Gasteiger partial charge in [-0.3, -0.25) is 15.0 Å². The van der Waals surface area contributed by atoms with E-state index in [9.17, 15) is 21.7 Å². The summed E-state index contributed by atoms with van der Waals surface area (Å²) in [5.41, 5.74) is -0.160. The molecular weight excluding hydrogens is 805 g/mol. The molecule has 0 fully saturated rings. The fraction of sp³-hybridized carbons (Fsp3) is 0.148. The maximum Gasteiger partial charge on any atom is 0.144 e. The van der Waals surface area contributed by atoms with Crippen LogP contribution in [0.1, 0.15) is 88.9 Å². The molecule has 0 bridgehead atoms. The highest BCUT2D eigenvalue weighted by atomic mass is 16.3. The van der Waals surface area contributed by atoms with Crippen molar-refractivity contribution in [3.63, 3.8) is 0 Å². The first-order chi connectivity index (χ1) is 39.4. The van der Waals surface area contributed by atoms with Crippen LogP contribution in [0.15, 0.2) is 193 Å². The Morgan fingerprint density at radius 2 is 1.03 bits per heavy atom. The van der Waals surface area contributed by atoms with Crippen molar-refractivity contribution in [2.75, 3.05) is 0 Å². The van der Waals surface area contributed by atoms with Crippen LogP contribution in [0.5, 0.6) is 0 Å². The van der Waals surface area contributed by atoms with Gasteiger partial charge in [-0.2, -0.15) is 5.26 Å². The molecule has 66 heavy (non-hydrogen) atoms. The van der Waals surface area contributed by atoms with Crippen LogP contribution < -0.4 is 0 Å².